The summed E-state index contributed by atoms with van der Waals surface area (Å²) in [5.41, 5.74) is 0.434. The van der Waals surface area contributed by atoms with E-state index < -0.39 is 23.7 Å². The van der Waals surface area contributed by atoms with Gasteiger partial charge in [-0.25, -0.2) is 8.78 Å². The monoisotopic (exact) mass is 340 g/mol. The van der Waals surface area contributed by atoms with E-state index in [9.17, 15) is 13.9 Å². The zero-order chi connectivity index (χ0) is 14.3. The molecule has 2 aromatic rings. The molecule has 0 aliphatic carbocycles. The summed E-state index contributed by atoms with van der Waals surface area (Å²) in [5.74, 6) is -1.37. The van der Waals surface area contributed by atoms with Crippen molar-refractivity contribution >= 4 is 15.9 Å². The van der Waals surface area contributed by atoms with Gasteiger partial charge in [-0.3, -0.25) is 0 Å². The molecule has 0 bridgehead atoms. The predicted octanol–water partition coefficient (Wildman–Crippen LogP) is 3.94. The van der Waals surface area contributed by atoms with Gasteiger partial charge in [0.15, 0.2) is 0 Å². The van der Waals surface area contributed by atoms with Crippen molar-refractivity contribution in [3.05, 3.63) is 63.6 Å². The first-order valence-corrected chi connectivity index (χ1v) is 6.92. The highest BCUT2D eigenvalue weighted by molar-refractivity contribution is 9.10. The number of aliphatic hydroxyl groups excluding tert-OH is 1. The number of fused-ring (bicyclic) bond motifs is 1. The third-order valence-corrected chi connectivity index (χ3v) is 4.11. The summed E-state index contributed by atoms with van der Waals surface area (Å²) in [6.07, 6.45) is -1.30. The Bertz CT molecular complexity index is 660. The average molecular weight is 341 g/mol. The van der Waals surface area contributed by atoms with Gasteiger partial charge in [0.25, 0.3) is 0 Å². The minimum atomic E-state index is -1.30. The number of hydrogen-bond donors (Lipinski definition) is 1. The second kappa shape index (κ2) is 5.14. The number of halogens is 3. The van der Waals surface area contributed by atoms with Crippen LogP contribution in [0.3, 0.4) is 0 Å². The third-order valence-electron chi connectivity index (χ3n) is 3.49. The van der Waals surface area contributed by atoms with Gasteiger partial charge < -0.3 is 9.84 Å². The zero-order valence-corrected chi connectivity index (χ0v) is 11.9. The molecule has 0 amide bonds. The topological polar surface area (TPSA) is 29.5 Å². The molecule has 1 heterocycles. The highest BCUT2D eigenvalue weighted by Crippen LogP contribution is 2.42. The van der Waals surface area contributed by atoms with Crippen LogP contribution in [0.25, 0.3) is 0 Å². The van der Waals surface area contributed by atoms with Crippen molar-refractivity contribution < 1.29 is 18.6 Å². The molecule has 0 fully saturated rings. The van der Waals surface area contributed by atoms with Crippen LogP contribution in [0.1, 0.15) is 23.1 Å². The number of rotatable bonds is 2. The molecule has 0 spiro atoms. The van der Waals surface area contributed by atoms with Crippen LogP contribution in [0.15, 0.2) is 40.9 Å². The summed E-state index contributed by atoms with van der Waals surface area (Å²) >= 11 is 3.00. The van der Waals surface area contributed by atoms with Gasteiger partial charge in [0, 0.05) is 5.56 Å². The fourth-order valence-corrected chi connectivity index (χ4v) is 2.81. The lowest BCUT2D eigenvalue weighted by Crippen LogP contribution is -2.15. The molecule has 104 valence electrons. The Morgan fingerprint density at radius 2 is 1.95 bits per heavy atom. The van der Waals surface area contributed by atoms with E-state index in [-0.39, 0.29) is 16.6 Å². The lowest BCUT2D eigenvalue weighted by atomic mass is 9.90. The summed E-state index contributed by atoms with van der Waals surface area (Å²) < 4.78 is 33.5. The van der Waals surface area contributed by atoms with Gasteiger partial charge >= 0.3 is 0 Å². The van der Waals surface area contributed by atoms with Crippen LogP contribution in [0.5, 0.6) is 5.75 Å². The van der Waals surface area contributed by atoms with Crippen molar-refractivity contribution in [2.24, 2.45) is 0 Å². The van der Waals surface area contributed by atoms with E-state index in [0.29, 0.717) is 5.75 Å². The van der Waals surface area contributed by atoms with E-state index in [0.717, 1.165) is 11.6 Å². The Morgan fingerprint density at radius 3 is 2.75 bits per heavy atom. The summed E-state index contributed by atoms with van der Waals surface area (Å²) in [6.45, 7) is 0.200. The van der Waals surface area contributed by atoms with Crippen LogP contribution >= 0.6 is 15.9 Å². The highest BCUT2D eigenvalue weighted by Gasteiger charge is 2.34. The van der Waals surface area contributed by atoms with Crippen molar-refractivity contribution in [3.63, 3.8) is 0 Å². The van der Waals surface area contributed by atoms with Crippen molar-refractivity contribution in [1.82, 2.24) is 0 Å². The van der Waals surface area contributed by atoms with Crippen LogP contribution in [-0.2, 0) is 0 Å². The molecule has 0 saturated heterocycles. The first-order chi connectivity index (χ1) is 9.59. The molecule has 0 radical (unpaired) electrons. The van der Waals surface area contributed by atoms with Gasteiger partial charge in [-0.2, -0.15) is 0 Å². The molecule has 2 unspecified atom stereocenters. The Morgan fingerprint density at radius 1 is 1.20 bits per heavy atom. The zero-order valence-electron chi connectivity index (χ0n) is 10.3. The van der Waals surface area contributed by atoms with E-state index >= 15 is 0 Å². The first kappa shape index (κ1) is 13.5. The smallest absolute Gasteiger partial charge is 0.146 e. The molecule has 0 saturated carbocycles. The van der Waals surface area contributed by atoms with Crippen LogP contribution < -0.4 is 4.74 Å². The molecule has 0 aromatic heterocycles. The molecule has 1 N–H and O–H groups in total. The Balaban J connectivity index is 2.03. The molecule has 5 heteroatoms. The molecule has 2 aromatic carbocycles. The lowest BCUT2D eigenvalue weighted by Gasteiger charge is -2.19. The van der Waals surface area contributed by atoms with Crippen LogP contribution in [-0.4, -0.2) is 11.7 Å². The number of aliphatic hydroxyl groups is 1. The number of hydrogen-bond acceptors (Lipinski definition) is 2. The second-order valence-corrected chi connectivity index (χ2v) is 5.51. The predicted molar refractivity (Wildman–Crippen MR) is 73.7 cm³/mol. The van der Waals surface area contributed by atoms with E-state index in [1.54, 1.807) is 18.2 Å². The van der Waals surface area contributed by atoms with Crippen LogP contribution in [0.2, 0.25) is 0 Å². The van der Waals surface area contributed by atoms with Crippen molar-refractivity contribution in [3.8, 4) is 5.75 Å². The molecule has 2 nitrogen and oxygen atoms in total. The number of para-hydroxylation sites is 1. The molecule has 1 aliphatic rings. The fourth-order valence-electron chi connectivity index (χ4n) is 2.46. The average Bonchev–Trinajstić information content (AvgIpc) is 2.87. The Labute approximate surface area is 123 Å². The van der Waals surface area contributed by atoms with Gasteiger partial charge in [-0.15, -0.1) is 0 Å². The maximum absolute atomic E-state index is 14.1. The van der Waals surface area contributed by atoms with Gasteiger partial charge in [0.2, 0.25) is 0 Å². The van der Waals surface area contributed by atoms with Crippen LogP contribution in [0.4, 0.5) is 8.78 Å². The largest absolute Gasteiger partial charge is 0.493 e. The molecular weight excluding hydrogens is 330 g/mol. The van der Waals surface area contributed by atoms with E-state index in [2.05, 4.69) is 15.9 Å². The molecule has 1 aliphatic heterocycles. The summed E-state index contributed by atoms with van der Waals surface area (Å²) in [4.78, 5) is 0. The third kappa shape index (κ3) is 2.11. The maximum Gasteiger partial charge on any atom is 0.146 e. The maximum atomic E-state index is 14.1. The van der Waals surface area contributed by atoms with Gasteiger partial charge in [0.05, 0.1) is 28.7 Å². The normalized spacial score (nSPS) is 18.5. The Hall–Kier alpha value is -1.46. The fraction of sp³-hybridized carbons (Fsp3) is 0.200. The molecule has 3 rings (SSSR count). The summed E-state index contributed by atoms with van der Waals surface area (Å²) in [5, 5.41) is 10.4. The number of benzene rings is 2. The standard InChI is InChI=1S/C15H11BrF2O2/c16-10-5-6-11(17)13(14(10)18)15(19)9-7-20-12-4-2-1-3-8(9)12/h1-6,9,15,19H,7H2. The van der Waals surface area contributed by atoms with Crippen molar-refractivity contribution in [1.29, 1.82) is 0 Å². The highest BCUT2D eigenvalue weighted by atomic mass is 79.9. The quantitative estimate of drug-likeness (QED) is 0.839. The SMILES string of the molecule is OC(c1c(F)ccc(Br)c1F)C1COc2ccccc21. The second-order valence-electron chi connectivity index (χ2n) is 4.66. The number of ether oxygens (including phenoxy) is 1. The minimum Gasteiger partial charge on any atom is -0.493 e. The Kier molecular flexibility index (Phi) is 3.48. The minimum absolute atomic E-state index is 0.125. The van der Waals surface area contributed by atoms with E-state index in [1.165, 1.54) is 6.07 Å². The van der Waals surface area contributed by atoms with Crippen molar-refractivity contribution in [2.75, 3.05) is 6.61 Å². The van der Waals surface area contributed by atoms with Crippen molar-refractivity contribution in [2.45, 2.75) is 12.0 Å². The van der Waals surface area contributed by atoms with Gasteiger partial charge in [-0.1, -0.05) is 18.2 Å². The molecule has 2 atom stereocenters. The first-order valence-electron chi connectivity index (χ1n) is 6.12. The van der Waals surface area contributed by atoms with Gasteiger partial charge in [0.1, 0.15) is 17.4 Å². The molecule has 20 heavy (non-hydrogen) atoms. The van der Waals surface area contributed by atoms with Gasteiger partial charge in [-0.05, 0) is 34.1 Å². The van der Waals surface area contributed by atoms with E-state index in [4.69, 9.17) is 4.74 Å². The van der Waals surface area contributed by atoms with Crippen LogP contribution in [0, 0.1) is 11.6 Å². The summed E-state index contributed by atoms with van der Waals surface area (Å²) in [6, 6.07) is 9.60. The lowest BCUT2D eigenvalue weighted by molar-refractivity contribution is 0.122. The molecular formula is C15H11BrF2O2. The summed E-state index contributed by atoms with van der Waals surface area (Å²) in [7, 11) is 0. The van der Waals surface area contributed by atoms with E-state index in [1.807, 2.05) is 6.07 Å².